The Kier molecular flexibility index (Phi) is 5.33. The Balaban J connectivity index is 3.64. The second kappa shape index (κ2) is 6.14. The molecule has 0 aromatic carbocycles. The SMILES string of the molecule is CCOC(=O)C(=O)OC/C=N/O. The highest BCUT2D eigenvalue weighted by Gasteiger charge is 2.15. The summed E-state index contributed by atoms with van der Waals surface area (Å²) in [5.74, 6) is -2.15. The first-order valence-corrected chi connectivity index (χ1v) is 3.22. The first kappa shape index (κ1) is 10.4. The maximum Gasteiger partial charge on any atom is 0.417 e. The third kappa shape index (κ3) is 4.26. The molecule has 0 radical (unpaired) electrons. The van der Waals surface area contributed by atoms with Crippen LogP contribution in [0.2, 0.25) is 0 Å². The summed E-state index contributed by atoms with van der Waals surface area (Å²) in [6.45, 7) is 1.43. The van der Waals surface area contributed by atoms with Crippen molar-refractivity contribution in [2.75, 3.05) is 13.2 Å². The lowest BCUT2D eigenvalue weighted by Crippen LogP contribution is -2.20. The van der Waals surface area contributed by atoms with Crippen molar-refractivity contribution >= 4 is 18.2 Å². The number of oxime groups is 1. The van der Waals surface area contributed by atoms with Crippen molar-refractivity contribution in [3.8, 4) is 0 Å². The number of carbonyl (C=O) groups excluding carboxylic acids is 2. The van der Waals surface area contributed by atoms with Crippen molar-refractivity contribution in [2.24, 2.45) is 5.16 Å². The van der Waals surface area contributed by atoms with Gasteiger partial charge in [0.1, 0.15) is 6.61 Å². The molecule has 0 aliphatic rings. The van der Waals surface area contributed by atoms with E-state index in [2.05, 4.69) is 14.6 Å². The summed E-state index contributed by atoms with van der Waals surface area (Å²) in [7, 11) is 0. The van der Waals surface area contributed by atoms with Gasteiger partial charge in [0.15, 0.2) is 0 Å². The fourth-order valence-electron chi connectivity index (χ4n) is 0.395. The number of hydrogen-bond acceptors (Lipinski definition) is 6. The number of rotatable bonds is 3. The fraction of sp³-hybridized carbons (Fsp3) is 0.500. The zero-order valence-corrected chi connectivity index (χ0v) is 6.52. The van der Waals surface area contributed by atoms with Gasteiger partial charge in [-0.2, -0.15) is 0 Å². The van der Waals surface area contributed by atoms with Crippen LogP contribution in [0.3, 0.4) is 0 Å². The summed E-state index contributed by atoms with van der Waals surface area (Å²) < 4.78 is 8.59. The molecule has 6 nitrogen and oxygen atoms in total. The van der Waals surface area contributed by atoms with E-state index in [4.69, 9.17) is 5.21 Å². The van der Waals surface area contributed by atoms with Gasteiger partial charge < -0.3 is 14.7 Å². The number of nitrogens with zero attached hydrogens (tertiary/aromatic N) is 1. The van der Waals surface area contributed by atoms with E-state index in [1.165, 1.54) is 0 Å². The topological polar surface area (TPSA) is 85.2 Å². The molecule has 0 saturated carbocycles. The van der Waals surface area contributed by atoms with E-state index in [9.17, 15) is 9.59 Å². The van der Waals surface area contributed by atoms with E-state index in [0.717, 1.165) is 6.21 Å². The Morgan fingerprint density at radius 1 is 1.42 bits per heavy atom. The summed E-state index contributed by atoms with van der Waals surface area (Å²) in [6.07, 6.45) is 0.928. The van der Waals surface area contributed by atoms with E-state index < -0.39 is 11.9 Å². The van der Waals surface area contributed by atoms with Gasteiger partial charge in [-0.25, -0.2) is 9.59 Å². The van der Waals surface area contributed by atoms with Gasteiger partial charge >= 0.3 is 11.9 Å². The minimum absolute atomic E-state index is 0.113. The second-order valence-corrected chi connectivity index (χ2v) is 1.62. The molecule has 0 rings (SSSR count). The van der Waals surface area contributed by atoms with Crippen molar-refractivity contribution in [3.05, 3.63) is 0 Å². The number of carbonyl (C=O) groups is 2. The molecule has 68 valence electrons. The molecular weight excluding hydrogens is 166 g/mol. The Bertz CT molecular complexity index is 188. The summed E-state index contributed by atoms with van der Waals surface area (Å²) in [4.78, 5) is 21.1. The largest absolute Gasteiger partial charge is 0.458 e. The predicted octanol–water partition coefficient (Wildman–Crippen LogP) is -0.447. The maximum atomic E-state index is 10.6. The molecule has 0 heterocycles. The Hall–Kier alpha value is -1.59. The number of hydrogen-bond donors (Lipinski definition) is 1. The summed E-state index contributed by atoms with van der Waals surface area (Å²) >= 11 is 0. The molecule has 0 aliphatic carbocycles. The average molecular weight is 175 g/mol. The van der Waals surface area contributed by atoms with Crippen molar-refractivity contribution in [3.63, 3.8) is 0 Å². The molecule has 0 bridgehead atoms. The molecule has 0 spiro atoms. The number of esters is 2. The third-order valence-electron chi connectivity index (χ3n) is 0.813. The van der Waals surface area contributed by atoms with Gasteiger partial charge in [0.05, 0.1) is 12.8 Å². The zero-order chi connectivity index (χ0) is 9.40. The predicted molar refractivity (Wildman–Crippen MR) is 37.9 cm³/mol. The zero-order valence-electron chi connectivity index (χ0n) is 6.52. The van der Waals surface area contributed by atoms with Crippen molar-refractivity contribution in [1.29, 1.82) is 0 Å². The highest BCUT2D eigenvalue weighted by Crippen LogP contribution is 1.83. The highest BCUT2D eigenvalue weighted by atomic mass is 16.6. The van der Waals surface area contributed by atoms with Gasteiger partial charge in [-0.15, -0.1) is 0 Å². The quantitative estimate of drug-likeness (QED) is 0.206. The molecule has 0 fully saturated rings. The Morgan fingerprint density at radius 3 is 2.50 bits per heavy atom. The van der Waals surface area contributed by atoms with E-state index >= 15 is 0 Å². The van der Waals surface area contributed by atoms with Crippen molar-refractivity contribution in [2.45, 2.75) is 6.92 Å². The first-order chi connectivity index (χ1) is 5.72. The summed E-state index contributed by atoms with van der Waals surface area (Å²) in [5, 5.41) is 10.4. The van der Waals surface area contributed by atoms with E-state index in [0.29, 0.717) is 0 Å². The van der Waals surface area contributed by atoms with Crippen LogP contribution >= 0.6 is 0 Å². The van der Waals surface area contributed by atoms with Crippen LogP contribution < -0.4 is 0 Å². The molecule has 0 amide bonds. The lowest BCUT2D eigenvalue weighted by Gasteiger charge is -1.99. The molecule has 12 heavy (non-hydrogen) atoms. The summed E-state index contributed by atoms with van der Waals surface area (Å²) in [5.41, 5.74) is 0. The molecule has 0 atom stereocenters. The van der Waals surface area contributed by atoms with Crippen LogP contribution in [0.25, 0.3) is 0 Å². The molecule has 0 saturated heterocycles. The molecule has 0 aliphatic heterocycles. The normalized spacial score (nSPS) is 9.75. The standard InChI is InChI=1S/C6H9NO5/c1-2-11-5(8)6(9)12-4-3-7-10/h3,10H,2,4H2,1H3/b7-3+. The van der Waals surface area contributed by atoms with Crippen LogP contribution in [0.15, 0.2) is 5.16 Å². The minimum Gasteiger partial charge on any atom is -0.458 e. The fourth-order valence-corrected chi connectivity index (χ4v) is 0.395. The smallest absolute Gasteiger partial charge is 0.417 e. The molecule has 0 aromatic rings. The Morgan fingerprint density at radius 2 is 2.00 bits per heavy atom. The molecule has 1 N–H and O–H groups in total. The second-order valence-electron chi connectivity index (χ2n) is 1.62. The molecule has 0 aromatic heterocycles. The van der Waals surface area contributed by atoms with Gasteiger partial charge in [-0.3, -0.25) is 0 Å². The highest BCUT2D eigenvalue weighted by molar-refractivity contribution is 6.29. The van der Waals surface area contributed by atoms with Gasteiger partial charge in [-0.1, -0.05) is 5.16 Å². The van der Waals surface area contributed by atoms with E-state index in [1.54, 1.807) is 6.92 Å². The van der Waals surface area contributed by atoms with E-state index in [1.807, 2.05) is 0 Å². The van der Waals surface area contributed by atoms with Crippen LogP contribution in [0.4, 0.5) is 0 Å². The average Bonchev–Trinajstić information content (AvgIpc) is 2.05. The van der Waals surface area contributed by atoms with Crippen molar-refractivity contribution in [1.82, 2.24) is 0 Å². The first-order valence-electron chi connectivity index (χ1n) is 3.22. The van der Waals surface area contributed by atoms with Crippen LogP contribution in [-0.4, -0.2) is 36.6 Å². The van der Waals surface area contributed by atoms with Crippen LogP contribution in [0, 0.1) is 0 Å². The third-order valence-corrected chi connectivity index (χ3v) is 0.813. The lowest BCUT2D eigenvalue weighted by atomic mass is 10.6. The van der Waals surface area contributed by atoms with Crippen LogP contribution in [0.1, 0.15) is 6.92 Å². The molecule has 0 unspecified atom stereocenters. The van der Waals surface area contributed by atoms with Crippen LogP contribution in [0.5, 0.6) is 0 Å². The van der Waals surface area contributed by atoms with Gasteiger partial charge in [0, 0.05) is 0 Å². The minimum atomic E-state index is -1.10. The molecule has 6 heteroatoms. The lowest BCUT2D eigenvalue weighted by molar-refractivity contribution is -0.166. The monoisotopic (exact) mass is 175 g/mol. The number of ether oxygens (including phenoxy) is 2. The molecular formula is C6H9NO5. The maximum absolute atomic E-state index is 10.6. The van der Waals surface area contributed by atoms with Gasteiger partial charge in [-0.05, 0) is 6.92 Å². The van der Waals surface area contributed by atoms with Gasteiger partial charge in [0.25, 0.3) is 0 Å². The van der Waals surface area contributed by atoms with Gasteiger partial charge in [0.2, 0.25) is 0 Å². The summed E-state index contributed by atoms with van der Waals surface area (Å²) in [6, 6.07) is 0. The van der Waals surface area contributed by atoms with E-state index in [-0.39, 0.29) is 13.2 Å². The Labute approximate surface area is 68.8 Å². The van der Waals surface area contributed by atoms with Crippen molar-refractivity contribution < 1.29 is 24.3 Å². The van der Waals surface area contributed by atoms with Crippen LogP contribution in [-0.2, 0) is 19.1 Å².